The molecule has 1 fully saturated rings. The zero-order valence-electron chi connectivity index (χ0n) is 16.5. The second-order valence-corrected chi connectivity index (χ2v) is 9.74. The molecule has 0 unspecified atom stereocenters. The van der Waals surface area contributed by atoms with E-state index < -0.39 is 15.6 Å². The van der Waals surface area contributed by atoms with Gasteiger partial charge in [0.1, 0.15) is 0 Å². The van der Waals surface area contributed by atoms with Gasteiger partial charge < -0.3 is 10.2 Å². The van der Waals surface area contributed by atoms with Gasteiger partial charge in [-0.25, -0.2) is 13.1 Å². The lowest BCUT2D eigenvalue weighted by Gasteiger charge is -2.37. The molecule has 1 aromatic rings. The van der Waals surface area contributed by atoms with E-state index in [0.29, 0.717) is 6.54 Å². The van der Waals surface area contributed by atoms with E-state index in [0.717, 1.165) is 43.7 Å². The Morgan fingerprint density at radius 1 is 1.26 bits per heavy atom. The number of guanidine groups is 1. The highest BCUT2D eigenvalue weighted by Gasteiger charge is 2.25. The van der Waals surface area contributed by atoms with Gasteiger partial charge in [-0.1, -0.05) is 23.7 Å². The van der Waals surface area contributed by atoms with Crippen LogP contribution in [0.3, 0.4) is 0 Å². The van der Waals surface area contributed by atoms with Crippen LogP contribution in [-0.4, -0.2) is 75.7 Å². The molecule has 1 saturated heterocycles. The Morgan fingerprint density at radius 2 is 1.93 bits per heavy atom. The van der Waals surface area contributed by atoms with Crippen LogP contribution < -0.4 is 10.0 Å². The number of aliphatic imine (C=N–C) groups is 1. The molecule has 0 aliphatic carbocycles. The van der Waals surface area contributed by atoms with Gasteiger partial charge in [-0.3, -0.25) is 9.89 Å². The van der Waals surface area contributed by atoms with Crippen LogP contribution in [0.4, 0.5) is 0 Å². The average Bonchev–Trinajstić information content (AvgIpc) is 2.54. The lowest BCUT2D eigenvalue weighted by molar-refractivity contribution is 0.172. The number of benzene rings is 1. The van der Waals surface area contributed by atoms with Crippen molar-refractivity contribution in [1.29, 1.82) is 0 Å². The maximum absolute atomic E-state index is 11.5. The number of rotatable bonds is 6. The standard InChI is InChI=1S/C18H30ClN5O2S/c1-18(2,22-27(4,25)26)14-21-17(20-3)24-10-8-23(9-11-24)13-15-6-5-7-16(19)12-15/h5-7,12,22H,8-11,13-14H2,1-4H3,(H,20,21). The first-order valence-electron chi connectivity index (χ1n) is 8.99. The fourth-order valence-electron chi connectivity index (χ4n) is 3.18. The Balaban J connectivity index is 1.84. The van der Waals surface area contributed by atoms with Crippen molar-refractivity contribution in [3.05, 3.63) is 34.9 Å². The minimum atomic E-state index is -3.26. The summed E-state index contributed by atoms with van der Waals surface area (Å²) in [5.74, 6) is 0.792. The maximum atomic E-state index is 11.5. The van der Waals surface area contributed by atoms with Gasteiger partial charge in [-0.2, -0.15) is 0 Å². The topological polar surface area (TPSA) is 77.0 Å². The number of nitrogens with one attached hydrogen (secondary N) is 2. The quantitative estimate of drug-likeness (QED) is 0.542. The molecule has 1 aliphatic rings. The van der Waals surface area contributed by atoms with Crippen molar-refractivity contribution in [2.24, 2.45) is 4.99 Å². The zero-order chi connectivity index (χ0) is 20.1. The van der Waals surface area contributed by atoms with Crippen molar-refractivity contribution >= 4 is 27.6 Å². The van der Waals surface area contributed by atoms with Crippen molar-refractivity contribution in [3.63, 3.8) is 0 Å². The molecule has 0 radical (unpaired) electrons. The number of nitrogens with zero attached hydrogens (tertiary/aromatic N) is 3. The molecular formula is C18H30ClN5O2S. The maximum Gasteiger partial charge on any atom is 0.209 e. The summed E-state index contributed by atoms with van der Waals surface area (Å²) in [6.07, 6.45) is 1.17. The predicted octanol–water partition coefficient (Wildman–Crippen LogP) is 1.36. The van der Waals surface area contributed by atoms with Gasteiger partial charge in [0.25, 0.3) is 0 Å². The zero-order valence-corrected chi connectivity index (χ0v) is 18.1. The second-order valence-electron chi connectivity index (χ2n) is 7.55. The molecule has 1 aromatic carbocycles. The van der Waals surface area contributed by atoms with Gasteiger partial charge in [0.15, 0.2) is 5.96 Å². The fraction of sp³-hybridized carbons (Fsp3) is 0.611. The summed E-state index contributed by atoms with van der Waals surface area (Å²) in [4.78, 5) is 8.94. The summed E-state index contributed by atoms with van der Waals surface area (Å²) >= 11 is 6.06. The molecule has 9 heteroatoms. The molecule has 0 aromatic heterocycles. The van der Waals surface area contributed by atoms with Gasteiger partial charge in [-0.05, 0) is 31.5 Å². The first-order chi connectivity index (χ1) is 12.6. The van der Waals surface area contributed by atoms with Crippen LogP contribution in [-0.2, 0) is 16.6 Å². The minimum absolute atomic E-state index is 0.454. The van der Waals surface area contributed by atoms with E-state index in [2.05, 4.69) is 30.9 Å². The first kappa shape index (κ1) is 21.9. The summed E-state index contributed by atoms with van der Waals surface area (Å²) < 4.78 is 25.6. The van der Waals surface area contributed by atoms with Crippen LogP contribution in [0.2, 0.25) is 5.02 Å². The van der Waals surface area contributed by atoms with E-state index in [9.17, 15) is 8.42 Å². The van der Waals surface area contributed by atoms with E-state index in [1.54, 1.807) is 7.05 Å². The second kappa shape index (κ2) is 9.23. The van der Waals surface area contributed by atoms with E-state index in [-0.39, 0.29) is 0 Å². The fourth-order valence-corrected chi connectivity index (χ4v) is 4.47. The van der Waals surface area contributed by atoms with E-state index >= 15 is 0 Å². The van der Waals surface area contributed by atoms with Crippen molar-refractivity contribution in [2.75, 3.05) is 46.0 Å². The van der Waals surface area contributed by atoms with Crippen LogP contribution in [0, 0.1) is 0 Å². The molecule has 2 N–H and O–H groups in total. The number of hydrogen-bond donors (Lipinski definition) is 2. The SMILES string of the molecule is CN=C(NCC(C)(C)NS(C)(=O)=O)N1CCN(Cc2cccc(Cl)c2)CC1. The van der Waals surface area contributed by atoms with Crippen LogP contribution in [0.25, 0.3) is 0 Å². The highest BCUT2D eigenvalue weighted by molar-refractivity contribution is 7.88. The Morgan fingerprint density at radius 3 is 2.48 bits per heavy atom. The smallest absolute Gasteiger partial charge is 0.209 e. The Kier molecular flexibility index (Phi) is 7.50. The molecule has 1 aliphatic heterocycles. The molecular weight excluding hydrogens is 386 g/mol. The summed E-state index contributed by atoms with van der Waals surface area (Å²) in [5.41, 5.74) is 0.616. The van der Waals surface area contributed by atoms with Crippen LogP contribution in [0.1, 0.15) is 19.4 Å². The van der Waals surface area contributed by atoms with Crippen molar-refractivity contribution < 1.29 is 8.42 Å². The van der Waals surface area contributed by atoms with Crippen LogP contribution >= 0.6 is 11.6 Å². The van der Waals surface area contributed by atoms with Crippen molar-refractivity contribution in [1.82, 2.24) is 19.8 Å². The first-order valence-corrected chi connectivity index (χ1v) is 11.3. The molecule has 0 amide bonds. The number of hydrogen-bond acceptors (Lipinski definition) is 4. The van der Waals surface area contributed by atoms with Gasteiger partial charge in [-0.15, -0.1) is 0 Å². The summed E-state index contributed by atoms with van der Waals surface area (Å²) in [6.45, 7) is 8.60. The Labute approximate surface area is 167 Å². The third-order valence-electron chi connectivity index (χ3n) is 4.33. The molecule has 0 spiro atoms. The molecule has 0 atom stereocenters. The van der Waals surface area contributed by atoms with Gasteiger partial charge >= 0.3 is 0 Å². The number of sulfonamides is 1. The molecule has 7 nitrogen and oxygen atoms in total. The summed E-state index contributed by atoms with van der Waals surface area (Å²) in [5, 5.41) is 4.05. The average molecular weight is 416 g/mol. The van der Waals surface area contributed by atoms with Gasteiger partial charge in [0.05, 0.1) is 6.26 Å². The third-order valence-corrected chi connectivity index (χ3v) is 5.49. The lowest BCUT2D eigenvalue weighted by atomic mass is 10.1. The largest absolute Gasteiger partial charge is 0.354 e. The van der Waals surface area contributed by atoms with Crippen molar-refractivity contribution in [3.8, 4) is 0 Å². The molecule has 0 saturated carbocycles. The third kappa shape index (κ3) is 7.65. The van der Waals surface area contributed by atoms with E-state index in [1.807, 2.05) is 32.0 Å². The summed E-state index contributed by atoms with van der Waals surface area (Å²) in [7, 11) is -1.51. The molecule has 1 heterocycles. The van der Waals surface area contributed by atoms with E-state index in [1.165, 1.54) is 11.8 Å². The molecule has 2 rings (SSSR count). The monoisotopic (exact) mass is 415 g/mol. The minimum Gasteiger partial charge on any atom is -0.354 e. The molecule has 152 valence electrons. The highest BCUT2D eigenvalue weighted by Crippen LogP contribution is 2.14. The summed E-state index contributed by atoms with van der Waals surface area (Å²) in [6, 6.07) is 7.96. The highest BCUT2D eigenvalue weighted by atomic mass is 35.5. The predicted molar refractivity (Wildman–Crippen MR) is 112 cm³/mol. The number of halogens is 1. The number of piperazine rings is 1. The lowest BCUT2D eigenvalue weighted by Crippen LogP contribution is -2.56. The van der Waals surface area contributed by atoms with Crippen LogP contribution in [0.15, 0.2) is 29.3 Å². The van der Waals surface area contributed by atoms with E-state index in [4.69, 9.17) is 11.6 Å². The molecule has 0 bridgehead atoms. The Bertz CT molecular complexity index is 759. The molecule has 27 heavy (non-hydrogen) atoms. The van der Waals surface area contributed by atoms with Crippen LogP contribution in [0.5, 0.6) is 0 Å². The van der Waals surface area contributed by atoms with Gasteiger partial charge in [0, 0.05) is 56.9 Å². The van der Waals surface area contributed by atoms with Gasteiger partial charge in [0.2, 0.25) is 10.0 Å². The normalized spacial score (nSPS) is 17.2. The van der Waals surface area contributed by atoms with Crippen molar-refractivity contribution in [2.45, 2.75) is 25.9 Å². The Hall–Kier alpha value is -1.35.